The van der Waals surface area contributed by atoms with E-state index < -0.39 is 11.6 Å². The van der Waals surface area contributed by atoms with Gasteiger partial charge in [-0.25, -0.2) is 8.78 Å². The van der Waals surface area contributed by atoms with Crippen molar-refractivity contribution < 1.29 is 13.9 Å². The second kappa shape index (κ2) is 6.29. The Morgan fingerprint density at radius 1 is 1.12 bits per heavy atom. The fourth-order valence-corrected chi connectivity index (χ4v) is 2.63. The number of aliphatic hydroxyl groups excluding tert-OH is 1. The molecule has 0 aromatic heterocycles. The van der Waals surface area contributed by atoms with Crippen molar-refractivity contribution in [1.82, 2.24) is 0 Å². The lowest BCUT2D eigenvalue weighted by molar-refractivity contribution is 0.282. The summed E-state index contributed by atoms with van der Waals surface area (Å²) < 4.78 is 27.9. The van der Waals surface area contributed by atoms with Crippen LogP contribution in [0.15, 0.2) is 67.0 Å². The zero-order valence-corrected chi connectivity index (χ0v) is 12.9. The normalized spacial score (nSPS) is 13.0. The molecule has 0 unspecified atom stereocenters. The SMILES string of the molecule is C=C(Nc1ccccc1CO)C1=CNc2c(F)ccc(F)c2C1=C. The first-order valence-electron chi connectivity index (χ1n) is 7.32. The maximum absolute atomic E-state index is 14.1. The zero-order chi connectivity index (χ0) is 17.3. The highest BCUT2D eigenvalue weighted by atomic mass is 19.1. The van der Waals surface area contributed by atoms with Crippen LogP contribution in [0.4, 0.5) is 20.2 Å². The third-order valence-corrected chi connectivity index (χ3v) is 3.89. The lowest BCUT2D eigenvalue weighted by atomic mass is 9.93. The van der Waals surface area contributed by atoms with Gasteiger partial charge in [-0.05, 0) is 23.8 Å². The standard InChI is InChI=1S/C19H16F2N2O/c1-11-14(9-22-19-16(21)8-7-15(20)18(11)19)12(2)23-17-6-4-3-5-13(17)10-24/h3-9,22-24H,1-2,10H2. The van der Waals surface area contributed by atoms with Crippen LogP contribution in [0, 0.1) is 11.6 Å². The van der Waals surface area contributed by atoms with Gasteiger partial charge in [0.15, 0.2) is 0 Å². The van der Waals surface area contributed by atoms with Crippen molar-refractivity contribution in [3.8, 4) is 0 Å². The van der Waals surface area contributed by atoms with E-state index >= 15 is 0 Å². The Kier molecular flexibility index (Phi) is 4.18. The Labute approximate surface area is 138 Å². The maximum Gasteiger partial charge on any atom is 0.147 e. The molecule has 1 aliphatic heterocycles. The fourth-order valence-electron chi connectivity index (χ4n) is 2.63. The van der Waals surface area contributed by atoms with E-state index in [1.165, 1.54) is 6.20 Å². The summed E-state index contributed by atoms with van der Waals surface area (Å²) in [5.41, 5.74) is 2.86. The number of fused-ring (bicyclic) bond motifs is 1. The minimum absolute atomic E-state index is 0.0623. The van der Waals surface area contributed by atoms with E-state index in [4.69, 9.17) is 0 Å². The van der Waals surface area contributed by atoms with Crippen LogP contribution in [-0.2, 0) is 6.61 Å². The molecule has 2 aromatic carbocycles. The van der Waals surface area contributed by atoms with Gasteiger partial charge in [-0.2, -0.15) is 0 Å². The van der Waals surface area contributed by atoms with Crippen molar-refractivity contribution in [3.63, 3.8) is 0 Å². The summed E-state index contributed by atoms with van der Waals surface area (Å²) in [6.07, 6.45) is 1.53. The Balaban J connectivity index is 1.91. The van der Waals surface area contributed by atoms with E-state index in [0.717, 1.165) is 12.1 Å². The van der Waals surface area contributed by atoms with E-state index in [-0.39, 0.29) is 17.9 Å². The van der Waals surface area contributed by atoms with Gasteiger partial charge in [-0.3, -0.25) is 0 Å². The predicted octanol–water partition coefficient (Wildman–Crippen LogP) is 4.41. The van der Waals surface area contributed by atoms with Gasteiger partial charge in [0, 0.05) is 34.3 Å². The smallest absolute Gasteiger partial charge is 0.147 e. The van der Waals surface area contributed by atoms with Crippen LogP contribution in [0.1, 0.15) is 11.1 Å². The molecule has 24 heavy (non-hydrogen) atoms. The highest BCUT2D eigenvalue weighted by Gasteiger charge is 2.23. The molecule has 3 nitrogen and oxygen atoms in total. The largest absolute Gasteiger partial charge is 0.392 e. The molecule has 0 fully saturated rings. The lowest BCUT2D eigenvalue weighted by Crippen LogP contribution is -2.13. The van der Waals surface area contributed by atoms with Gasteiger partial charge in [-0.15, -0.1) is 0 Å². The molecule has 0 saturated heterocycles. The molecule has 0 saturated carbocycles. The van der Waals surface area contributed by atoms with Gasteiger partial charge >= 0.3 is 0 Å². The topological polar surface area (TPSA) is 44.3 Å². The molecule has 0 bridgehead atoms. The molecule has 1 aliphatic rings. The third-order valence-electron chi connectivity index (χ3n) is 3.89. The summed E-state index contributed by atoms with van der Waals surface area (Å²) in [5, 5.41) is 15.2. The van der Waals surface area contributed by atoms with Crippen LogP contribution in [0.2, 0.25) is 0 Å². The molecule has 2 aromatic rings. The Morgan fingerprint density at radius 3 is 2.58 bits per heavy atom. The van der Waals surface area contributed by atoms with Gasteiger partial charge in [0.2, 0.25) is 0 Å². The predicted molar refractivity (Wildman–Crippen MR) is 92.2 cm³/mol. The molecular weight excluding hydrogens is 310 g/mol. The van der Waals surface area contributed by atoms with Crippen LogP contribution >= 0.6 is 0 Å². The number of hydrogen-bond acceptors (Lipinski definition) is 3. The summed E-state index contributed by atoms with van der Waals surface area (Å²) in [6, 6.07) is 9.35. The van der Waals surface area contributed by atoms with Crippen LogP contribution in [-0.4, -0.2) is 5.11 Å². The molecule has 1 heterocycles. The molecule has 0 spiro atoms. The van der Waals surface area contributed by atoms with E-state index in [1.807, 2.05) is 12.1 Å². The molecule has 0 atom stereocenters. The van der Waals surface area contributed by atoms with Crippen molar-refractivity contribution in [2.45, 2.75) is 6.61 Å². The lowest BCUT2D eigenvalue weighted by Gasteiger charge is -2.24. The Morgan fingerprint density at radius 2 is 1.83 bits per heavy atom. The summed E-state index contributed by atoms with van der Waals surface area (Å²) in [7, 11) is 0. The van der Waals surface area contributed by atoms with Crippen LogP contribution < -0.4 is 10.6 Å². The van der Waals surface area contributed by atoms with Crippen molar-refractivity contribution in [2.24, 2.45) is 0 Å². The van der Waals surface area contributed by atoms with Crippen molar-refractivity contribution >= 4 is 16.9 Å². The molecule has 5 heteroatoms. The molecule has 0 aliphatic carbocycles. The van der Waals surface area contributed by atoms with E-state index in [0.29, 0.717) is 28.1 Å². The summed E-state index contributed by atoms with van der Waals surface area (Å²) in [5.74, 6) is -1.11. The Hall–Kier alpha value is -2.92. The number of allylic oxidation sites excluding steroid dienone is 1. The average molecular weight is 326 g/mol. The number of hydrogen-bond donors (Lipinski definition) is 3. The van der Waals surface area contributed by atoms with Gasteiger partial charge in [0.05, 0.1) is 12.3 Å². The second-order valence-electron chi connectivity index (χ2n) is 5.38. The molecule has 3 N–H and O–H groups in total. The number of halogens is 2. The minimum atomic E-state index is -0.557. The van der Waals surface area contributed by atoms with Gasteiger partial charge in [0.1, 0.15) is 11.6 Å². The number of aliphatic hydroxyl groups is 1. The zero-order valence-electron chi connectivity index (χ0n) is 12.9. The van der Waals surface area contributed by atoms with E-state index in [9.17, 15) is 13.9 Å². The van der Waals surface area contributed by atoms with Gasteiger partial charge < -0.3 is 15.7 Å². The molecular formula is C19H16F2N2O. The van der Waals surface area contributed by atoms with Crippen LogP contribution in [0.5, 0.6) is 0 Å². The molecule has 122 valence electrons. The highest BCUT2D eigenvalue weighted by molar-refractivity contribution is 5.92. The number of para-hydroxylation sites is 1. The Bertz CT molecular complexity index is 872. The monoisotopic (exact) mass is 326 g/mol. The molecule has 3 rings (SSSR count). The number of anilines is 2. The van der Waals surface area contributed by atoms with Crippen molar-refractivity contribution in [2.75, 3.05) is 10.6 Å². The van der Waals surface area contributed by atoms with Crippen molar-refractivity contribution in [1.29, 1.82) is 0 Å². The fraction of sp³-hybridized carbons (Fsp3) is 0.0526. The average Bonchev–Trinajstić information content (AvgIpc) is 2.58. The minimum Gasteiger partial charge on any atom is -0.392 e. The first-order chi connectivity index (χ1) is 11.5. The van der Waals surface area contributed by atoms with E-state index in [2.05, 4.69) is 23.8 Å². The summed E-state index contributed by atoms with van der Waals surface area (Å²) in [4.78, 5) is 0. The molecule has 0 radical (unpaired) electrons. The van der Waals surface area contributed by atoms with Crippen LogP contribution in [0.3, 0.4) is 0 Å². The van der Waals surface area contributed by atoms with E-state index in [1.54, 1.807) is 12.1 Å². The first-order valence-corrected chi connectivity index (χ1v) is 7.32. The first kappa shape index (κ1) is 16.0. The molecule has 0 amide bonds. The summed E-state index contributed by atoms with van der Waals surface area (Å²) in [6.45, 7) is 7.70. The number of nitrogens with one attached hydrogen (secondary N) is 2. The third kappa shape index (κ3) is 2.70. The highest BCUT2D eigenvalue weighted by Crippen LogP contribution is 2.38. The number of rotatable bonds is 4. The maximum atomic E-state index is 14.1. The number of benzene rings is 2. The van der Waals surface area contributed by atoms with Crippen LogP contribution in [0.25, 0.3) is 5.57 Å². The summed E-state index contributed by atoms with van der Waals surface area (Å²) >= 11 is 0. The van der Waals surface area contributed by atoms with Gasteiger partial charge in [0.25, 0.3) is 0 Å². The van der Waals surface area contributed by atoms with Crippen molar-refractivity contribution in [3.05, 3.63) is 89.8 Å². The van der Waals surface area contributed by atoms with Gasteiger partial charge in [-0.1, -0.05) is 31.4 Å². The second-order valence-corrected chi connectivity index (χ2v) is 5.38. The quantitative estimate of drug-likeness (QED) is 0.780.